The molecule has 2 heterocycles. The summed E-state index contributed by atoms with van der Waals surface area (Å²) < 4.78 is 5.20. The molecule has 102 valence electrons. The zero-order valence-electron chi connectivity index (χ0n) is 10.7. The molecular formula is C14H12N2O4. The van der Waals surface area contributed by atoms with Gasteiger partial charge in [0.1, 0.15) is 11.6 Å². The number of furan rings is 1. The number of carboxylic acid groups (broad SMARTS) is 1. The Labute approximate surface area is 114 Å². The lowest BCUT2D eigenvalue weighted by molar-refractivity contribution is -0.131. The first-order valence-corrected chi connectivity index (χ1v) is 5.79. The van der Waals surface area contributed by atoms with Crippen LogP contribution in [0.3, 0.4) is 0 Å². The van der Waals surface area contributed by atoms with Crippen molar-refractivity contribution in [3.63, 3.8) is 0 Å². The van der Waals surface area contributed by atoms with E-state index in [1.807, 2.05) is 0 Å². The molecule has 0 unspecified atom stereocenters. The Kier molecular flexibility index (Phi) is 3.95. The molecule has 0 radical (unpaired) electrons. The van der Waals surface area contributed by atoms with Gasteiger partial charge in [-0.25, -0.2) is 9.78 Å². The maximum absolute atomic E-state index is 11.8. The molecule has 2 aromatic heterocycles. The van der Waals surface area contributed by atoms with E-state index >= 15 is 0 Å². The van der Waals surface area contributed by atoms with Crippen LogP contribution in [0.4, 0.5) is 5.82 Å². The van der Waals surface area contributed by atoms with Crippen molar-refractivity contribution in [3.8, 4) is 0 Å². The number of hydrogen-bond donors (Lipinski definition) is 2. The molecule has 0 aliphatic heterocycles. The minimum Gasteiger partial charge on any atom is -0.478 e. The Bertz CT molecular complexity index is 673. The smallest absolute Gasteiger partial charge is 0.328 e. The minimum absolute atomic E-state index is 0.191. The van der Waals surface area contributed by atoms with Crippen LogP contribution < -0.4 is 5.32 Å². The van der Waals surface area contributed by atoms with Crippen molar-refractivity contribution < 1.29 is 19.1 Å². The Hall–Kier alpha value is -2.89. The second-order valence-electron chi connectivity index (χ2n) is 4.01. The first-order valence-electron chi connectivity index (χ1n) is 5.79. The first kappa shape index (κ1) is 13.5. The molecule has 6 nitrogen and oxygen atoms in total. The normalized spacial score (nSPS) is 10.7. The lowest BCUT2D eigenvalue weighted by atomic mass is 10.2. The molecule has 0 aliphatic carbocycles. The largest absolute Gasteiger partial charge is 0.478 e. The van der Waals surface area contributed by atoms with Crippen LogP contribution in [0.15, 0.2) is 41.0 Å². The van der Waals surface area contributed by atoms with Crippen LogP contribution in [-0.2, 0) is 4.79 Å². The predicted octanol–water partition coefficient (Wildman–Crippen LogP) is 2.33. The molecular weight excluding hydrogens is 260 g/mol. The molecule has 6 heteroatoms. The molecule has 1 amide bonds. The van der Waals surface area contributed by atoms with Crippen molar-refractivity contribution in [2.75, 3.05) is 5.32 Å². The summed E-state index contributed by atoms with van der Waals surface area (Å²) in [7, 11) is 0. The van der Waals surface area contributed by atoms with Crippen molar-refractivity contribution in [1.29, 1.82) is 0 Å². The van der Waals surface area contributed by atoms with E-state index < -0.39 is 11.9 Å². The molecule has 20 heavy (non-hydrogen) atoms. The van der Waals surface area contributed by atoms with Gasteiger partial charge in [0.2, 0.25) is 0 Å². The molecule has 2 aromatic rings. The highest BCUT2D eigenvalue weighted by molar-refractivity contribution is 6.01. The SMILES string of the molecule is Cc1ccc(C(=O)Nc2cc(/C=C/C(=O)O)ccn2)o1. The van der Waals surface area contributed by atoms with Crippen LogP contribution in [0.2, 0.25) is 0 Å². The second-order valence-corrected chi connectivity index (χ2v) is 4.01. The Balaban J connectivity index is 2.11. The topological polar surface area (TPSA) is 92.4 Å². The molecule has 0 aliphatic rings. The number of nitrogens with zero attached hydrogens (tertiary/aromatic N) is 1. The monoisotopic (exact) mass is 272 g/mol. The van der Waals surface area contributed by atoms with Gasteiger partial charge in [0.25, 0.3) is 5.91 Å². The van der Waals surface area contributed by atoms with Crippen LogP contribution in [0.25, 0.3) is 6.08 Å². The van der Waals surface area contributed by atoms with Gasteiger partial charge in [0.15, 0.2) is 5.76 Å². The average molecular weight is 272 g/mol. The molecule has 0 saturated heterocycles. The van der Waals surface area contributed by atoms with E-state index in [2.05, 4.69) is 10.3 Å². The van der Waals surface area contributed by atoms with Crippen molar-refractivity contribution in [1.82, 2.24) is 4.98 Å². The highest BCUT2D eigenvalue weighted by Gasteiger charge is 2.10. The summed E-state index contributed by atoms with van der Waals surface area (Å²) >= 11 is 0. The molecule has 0 spiro atoms. The van der Waals surface area contributed by atoms with Gasteiger partial charge in [-0.2, -0.15) is 0 Å². The Morgan fingerprint density at radius 1 is 1.35 bits per heavy atom. The molecule has 0 bridgehead atoms. The van der Waals surface area contributed by atoms with Gasteiger partial charge < -0.3 is 14.8 Å². The van der Waals surface area contributed by atoms with Crippen LogP contribution in [0, 0.1) is 6.92 Å². The van der Waals surface area contributed by atoms with E-state index in [0.717, 1.165) is 6.08 Å². The number of rotatable bonds is 4. The van der Waals surface area contributed by atoms with Gasteiger partial charge in [0, 0.05) is 12.3 Å². The van der Waals surface area contributed by atoms with Crippen molar-refractivity contribution in [3.05, 3.63) is 53.6 Å². The second kappa shape index (κ2) is 5.83. The molecule has 0 aromatic carbocycles. The summed E-state index contributed by atoms with van der Waals surface area (Å²) in [6, 6.07) is 6.45. The van der Waals surface area contributed by atoms with E-state index in [0.29, 0.717) is 17.1 Å². The maximum Gasteiger partial charge on any atom is 0.328 e. The quantitative estimate of drug-likeness (QED) is 0.833. The number of hydrogen-bond acceptors (Lipinski definition) is 4. The number of anilines is 1. The lowest BCUT2D eigenvalue weighted by Gasteiger charge is -2.02. The van der Waals surface area contributed by atoms with E-state index in [9.17, 15) is 9.59 Å². The van der Waals surface area contributed by atoms with Gasteiger partial charge in [-0.1, -0.05) is 0 Å². The summed E-state index contributed by atoms with van der Waals surface area (Å²) in [5.41, 5.74) is 0.619. The average Bonchev–Trinajstić information content (AvgIpc) is 2.84. The fourth-order valence-corrected chi connectivity index (χ4v) is 1.52. The number of carbonyl (C=O) groups excluding carboxylic acids is 1. The number of aryl methyl sites for hydroxylation is 1. The predicted molar refractivity (Wildman–Crippen MR) is 72.3 cm³/mol. The molecule has 0 saturated carbocycles. The fraction of sp³-hybridized carbons (Fsp3) is 0.0714. The zero-order chi connectivity index (χ0) is 14.5. The van der Waals surface area contributed by atoms with Crippen LogP contribution in [-0.4, -0.2) is 22.0 Å². The number of pyridine rings is 1. The van der Waals surface area contributed by atoms with Crippen LogP contribution >= 0.6 is 0 Å². The Morgan fingerprint density at radius 3 is 2.80 bits per heavy atom. The van der Waals surface area contributed by atoms with E-state index in [1.54, 1.807) is 31.2 Å². The fourth-order valence-electron chi connectivity index (χ4n) is 1.52. The van der Waals surface area contributed by atoms with Crippen molar-refractivity contribution >= 4 is 23.8 Å². The van der Waals surface area contributed by atoms with Gasteiger partial charge in [-0.15, -0.1) is 0 Å². The zero-order valence-corrected chi connectivity index (χ0v) is 10.7. The first-order chi connectivity index (χ1) is 9.54. The third-order valence-corrected chi connectivity index (χ3v) is 2.41. The van der Waals surface area contributed by atoms with E-state index in [1.165, 1.54) is 12.3 Å². The van der Waals surface area contributed by atoms with Crippen LogP contribution in [0.1, 0.15) is 21.9 Å². The molecule has 0 atom stereocenters. The van der Waals surface area contributed by atoms with Gasteiger partial charge in [-0.05, 0) is 42.8 Å². The number of carboxylic acids is 1. The standard InChI is InChI=1S/C14H12N2O4/c1-9-2-4-11(20-9)14(19)16-12-8-10(6-7-15-12)3-5-13(17)18/h2-8H,1H3,(H,17,18)(H,15,16,19)/b5-3+. The van der Waals surface area contributed by atoms with Gasteiger partial charge >= 0.3 is 5.97 Å². The number of amides is 1. The molecule has 2 N–H and O–H groups in total. The summed E-state index contributed by atoms with van der Waals surface area (Å²) in [5.74, 6) is -0.308. The highest BCUT2D eigenvalue weighted by atomic mass is 16.4. The Morgan fingerprint density at radius 2 is 2.15 bits per heavy atom. The molecule has 0 fully saturated rings. The minimum atomic E-state index is -1.04. The summed E-state index contributed by atoms with van der Waals surface area (Å²) in [6.45, 7) is 1.74. The maximum atomic E-state index is 11.8. The third-order valence-electron chi connectivity index (χ3n) is 2.41. The molecule has 2 rings (SSSR count). The van der Waals surface area contributed by atoms with E-state index in [4.69, 9.17) is 9.52 Å². The highest BCUT2D eigenvalue weighted by Crippen LogP contribution is 2.12. The van der Waals surface area contributed by atoms with Gasteiger partial charge in [0.05, 0.1) is 0 Å². The number of aliphatic carboxylic acids is 1. The van der Waals surface area contributed by atoms with Gasteiger partial charge in [-0.3, -0.25) is 4.79 Å². The summed E-state index contributed by atoms with van der Waals surface area (Å²) in [5, 5.41) is 11.1. The number of nitrogens with one attached hydrogen (secondary N) is 1. The lowest BCUT2D eigenvalue weighted by Crippen LogP contribution is -2.12. The third kappa shape index (κ3) is 3.55. The number of carbonyl (C=O) groups is 2. The van der Waals surface area contributed by atoms with Crippen molar-refractivity contribution in [2.45, 2.75) is 6.92 Å². The summed E-state index contributed by atoms with van der Waals surface area (Å²) in [6.07, 6.45) is 3.90. The van der Waals surface area contributed by atoms with Crippen molar-refractivity contribution in [2.24, 2.45) is 0 Å². The van der Waals surface area contributed by atoms with Crippen LogP contribution in [0.5, 0.6) is 0 Å². The summed E-state index contributed by atoms with van der Waals surface area (Å²) in [4.78, 5) is 26.3. The van der Waals surface area contributed by atoms with E-state index in [-0.39, 0.29) is 5.76 Å². The number of aromatic nitrogens is 1.